The van der Waals surface area contributed by atoms with Crippen LogP contribution in [0.3, 0.4) is 0 Å². The molecule has 3 heteroatoms. The highest BCUT2D eigenvalue weighted by molar-refractivity contribution is 6.04. The number of aromatic nitrogens is 1. The van der Waals surface area contributed by atoms with Crippen molar-refractivity contribution in [2.24, 2.45) is 0 Å². The molecule has 0 radical (unpaired) electrons. The first-order valence-electron chi connectivity index (χ1n) is 7.16. The fourth-order valence-electron chi connectivity index (χ4n) is 2.28. The van der Waals surface area contributed by atoms with E-state index in [0.29, 0.717) is 12.2 Å². The van der Waals surface area contributed by atoms with E-state index < -0.39 is 0 Å². The third-order valence-electron chi connectivity index (χ3n) is 3.38. The number of carbonyl (C=O) groups is 1. The molecule has 1 aromatic heterocycles. The molecule has 108 valence electrons. The molecule has 0 spiro atoms. The van der Waals surface area contributed by atoms with E-state index in [9.17, 15) is 4.79 Å². The molecule has 0 N–H and O–H groups in total. The summed E-state index contributed by atoms with van der Waals surface area (Å²) in [6, 6.07) is 25.0. The Labute approximate surface area is 129 Å². The molecule has 0 saturated heterocycles. The van der Waals surface area contributed by atoms with Gasteiger partial charge in [0, 0.05) is 11.9 Å². The van der Waals surface area contributed by atoms with Gasteiger partial charge in [0.15, 0.2) is 0 Å². The maximum Gasteiger partial charge on any atom is 0.277 e. The van der Waals surface area contributed by atoms with Crippen LogP contribution in [0.1, 0.15) is 16.1 Å². The molecule has 3 nitrogen and oxygen atoms in total. The standard InChI is InChI=1S/C19H16N2O/c22-19(18-13-7-8-14-20-18)21(17-11-5-2-6-12-17)15-16-9-3-1-4-10-16/h1-14H,15H2. The topological polar surface area (TPSA) is 33.2 Å². The second-order valence-corrected chi connectivity index (χ2v) is 4.93. The normalized spacial score (nSPS) is 10.2. The number of nitrogens with zero attached hydrogens (tertiary/aromatic N) is 2. The number of hydrogen-bond donors (Lipinski definition) is 0. The third kappa shape index (κ3) is 3.20. The zero-order chi connectivity index (χ0) is 15.2. The molecule has 0 unspecified atom stereocenters. The summed E-state index contributed by atoms with van der Waals surface area (Å²) >= 11 is 0. The Morgan fingerprint density at radius 3 is 2.09 bits per heavy atom. The molecule has 0 saturated carbocycles. The molecule has 1 heterocycles. The van der Waals surface area contributed by atoms with Crippen molar-refractivity contribution in [1.82, 2.24) is 4.98 Å². The lowest BCUT2D eigenvalue weighted by Gasteiger charge is -2.22. The molecule has 0 bridgehead atoms. The average Bonchev–Trinajstić information content (AvgIpc) is 2.61. The molecule has 1 amide bonds. The Hall–Kier alpha value is -2.94. The Kier molecular flexibility index (Phi) is 4.25. The summed E-state index contributed by atoms with van der Waals surface area (Å²) in [5.41, 5.74) is 2.39. The van der Waals surface area contributed by atoms with E-state index >= 15 is 0 Å². The van der Waals surface area contributed by atoms with Gasteiger partial charge in [-0.2, -0.15) is 0 Å². The first kappa shape index (κ1) is 14.0. The highest BCUT2D eigenvalue weighted by atomic mass is 16.2. The number of benzene rings is 2. The molecule has 3 rings (SSSR count). The highest BCUT2D eigenvalue weighted by Gasteiger charge is 2.18. The predicted molar refractivity (Wildman–Crippen MR) is 87.6 cm³/mol. The van der Waals surface area contributed by atoms with E-state index in [2.05, 4.69) is 4.98 Å². The first-order valence-corrected chi connectivity index (χ1v) is 7.16. The van der Waals surface area contributed by atoms with Gasteiger partial charge >= 0.3 is 0 Å². The van der Waals surface area contributed by atoms with Crippen molar-refractivity contribution in [1.29, 1.82) is 0 Å². The molecule has 0 aliphatic rings. The van der Waals surface area contributed by atoms with Crippen molar-refractivity contribution in [3.05, 3.63) is 96.3 Å². The summed E-state index contributed by atoms with van der Waals surface area (Å²) in [4.78, 5) is 18.7. The Morgan fingerprint density at radius 2 is 1.45 bits per heavy atom. The van der Waals surface area contributed by atoms with Crippen molar-refractivity contribution < 1.29 is 4.79 Å². The van der Waals surface area contributed by atoms with E-state index in [4.69, 9.17) is 0 Å². The van der Waals surface area contributed by atoms with Crippen LogP contribution in [0.2, 0.25) is 0 Å². The van der Waals surface area contributed by atoms with Gasteiger partial charge in [0.05, 0.1) is 6.54 Å². The fourth-order valence-corrected chi connectivity index (χ4v) is 2.28. The maximum atomic E-state index is 12.8. The fraction of sp³-hybridized carbons (Fsp3) is 0.0526. The summed E-state index contributed by atoms with van der Waals surface area (Å²) in [5, 5.41) is 0. The monoisotopic (exact) mass is 288 g/mol. The molecule has 0 aliphatic carbocycles. The minimum Gasteiger partial charge on any atom is -0.303 e. The molecule has 22 heavy (non-hydrogen) atoms. The van der Waals surface area contributed by atoms with Crippen LogP contribution < -0.4 is 4.90 Å². The van der Waals surface area contributed by atoms with Crippen LogP contribution in [0.4, 0.5) is 5.69 Å². The summed E-state index contributed by atoms with van der Waals surface area (Å²) in [5.74, 6) is -0.101. The smallest absolute Gasteiger partial charge is 0.277 e. The number of pyridine rings is 1. The van der Waals surface area contributed by atoms with Gasteiger partial charge in [0.1, 0.15) is 5.69 Å². The van der Waals surface area contributed by atoms with Gasteiger partial charge in [-0.15, -0.1) is 0 Å². The summed E-state index contributed by atoms with van der Waals surface area (Å²) in [7, 11) is 0. The minimum absolute atomic E-state index is 0.101. The van der Waals surface area contributed by atoms with Crippen molar-refractivity contribution >= 4 is 11.6 Å². The van der Waals surface area contributed by atoms with Gasteiger partial charge in [0.25, 0.3) is 5.91 Å². The quantitative estimate of drug-likeness (QED) is 0.729. The second kappa shape index (κ2) is 6.68. The third-order valence-corrected chi connectivity index (χ3v) is 3.38. The Morgan fingerprint density at radius 1 is 0.818 bits per heavy atom. The minimum atomic E-state index is -0.101. The largest absolute Gasteiger partial charge is 0.303 e. The molecule has 0 atom stereocenters. The Bertz CT molecular complexity index is 727. The van der Waals surface area contributed by atoms with Crippen molar-refractivity contribution in [2.75, 3.05) is 4.90 Å². The first-order chi connectivity index (χ1) is 10.8. The molecular formula is C19H16N2O. The van der Waals surface area contributed by atoms with E-state index in [0.717, 1.165) is 11.3 Å². The van der Waals surface area contributed by atoms with Gasteiger partial charge < -0.3 is 4.90 Å². The molecule has 0 aliphatic heterocycles. The van der Waals surface area contributed by atoms with E-state index in [1.807, 2.05) is 66.7 Å². The molecule has 2 aromatic carbocycles. The summed E-state index contributed by atoms with van der Waals surface area (Å²) in [6.07, 6.45) is 1.64. The van der Waals surface area contributed by atoms with Gasteiger partial charge in [0.2, 0.25) is 0 Å². The SMILES string of the molecule is O=C(c1ccccn1)N(Cc1ccccc1)c1ccccc1. The van der Waals surface area contributed by atoms with E-state index in [1.165, 1.54) is 0 Å². The van der Waals surface area contributed by atoms with Crippen LogP contribution >= 0.6 is 0 Å². The Balaban J connectivity index is 1.95. The van der Waals surface area contributed by atoms with Crippen molar-refractivity contribution in [3.8, 4) is 0 Å². The van der Waals surface area contributed by atoms with Gasteiger partial charge in [-0.1, -0.05) is 54.6 Å². The van der Waals surface area contributed by atoms with Gasteiger partial charge in [-0.3, -0.25) is 9.78 Å². The number of amides is 1. The number of hydrogen-bond acceptors (Lipinski definition) is 2. The maximum absolute atomic E-state index is 12.8. The number of rotatable bonds is 4. The lowest BCUT2D eigenvalue weighted by Crippen LogP contribution is -2.31. The zero-order valence-corrected chi connectivity index (χ0v) is 12.1. The average molecular weight is 288 g/mol. The van der Waals surface area contributed by atoms with Crippen LogP contribution in [0.25, 0.3) is 0 Å². The van der Waals surface area contributed by atoms with Crippen LogP contribution in [0.15, 0.2) is 85.1 Å². The van der Waals surface area contributed by atoms with Crippen LogP contribution in [0, 0.1) is 0 Å². The lowest BCUT2D eigenvalue weighted by atomic mass is 10.1. The summed E-state index contributed by atoms with van der Waals surface area (Å²) in [6.45, 7) is 0.514. The van der Waals surface area contributed by atoms with Crippen molar-refractivity contribution in [2.45, 2.75) is 6.54 Å². The highest BCUT2D eigenvalue weighted by Crippen LogP contribution is 2.19. The van der Waals surface area contributed by atoms with E-state index in [1.54, 1.807) is 23.2 Å². The number of para-hydroxylation sites is 1. The van der Waals surface area contributed by atoms with Crippen LogP contribution in [-0.2, 0) is 6.54 Å². The molecule has 0 fully saturated rings. The van der Waals surface area contributed by atoms with E-state index in [-0.39, 0.29) is 5.91 Å². The van der Waals surface area contributed by atoms with Crippen molar-refractivity contribution in [3.63, 3.8) is 0 Å². The number of anilines is 1. The van der Waals surface area contributed by atoms with Crippen LogP contribution in [0.5, 0.6) is 0 Å². The number of carbonyl (C=O) groups excluding carboxylic acids is 1. The molecular weight excluding hydrogens is 272 g/mol. The van der Waals surface area contributed by atoms with Gasteiger partial charge in [-0.25, -0.2) is 0 Å². The zero-order valence-electron chi connectivity index (χ0n) is 12.1. The molecule has 3 aromatic rings. The predicted octanol–water partition coefficient (Wildman–Crippen LogP) is 3.93. The second-order valence-electron chi connectivity index (χ2n) is 4.93. The van der Waals surface area contributed by atoms with Gasteiger partial charge in [-0.05, 0) is 29.8 Å². The van der Waals surface area contributed by atoms with Crippen LogP contribution in [-0.4, -0.2) is 10.9 Å². The summed E-state index contributed by atoms with van der Waals surface area (Å²) < 4.78 is 0. The lowest BCUT2D eigenvalue weighted by molar-refractivity contribution is 0.0980.